The van der Waals surface area contributed by atoms with Crippen molar-refractivity contribution < 1.29 is 14.2 Å². The number of nitrogens with one attached hydrogen (secondary N) is 1. The van der Waals surface area contributed by atoms with E-state index in [1.807, 2.05) is 54.6 Å². The first-order valence-corrected chi connectivity index (χ1v) is 8.79. The first kappa shape index (κ1) is 16.4. The lowest BCUT2D eigenvalue weighted by molar-refractivity contribution is 0.174. The van der Waals surface area contributed by atoms with Gasteiger partial charge in [0.05, 0.1) is 7.11 Å². The first-order valence-electron chi connectivity index (χ1n) is 8.79. The monoisotopic (exact) mass is 375 g/mol. The van der Waals surface area contributed by atoms with E-state index in [9.17, 15) is 0 Å². The van der Waals surface area contributed by atoms with E-state index >= 15 is 0 Å². The zero-order valence-corrected chi connectivity index (χ0v) is 15.1. The lowest BCUT2D eigenvalue weighted by Crippen LogP contribution is -2.03. The van der Waals surface area contributed by atoms with E-state index in [4.69, 9.17) is 14.2 Å². The maximum Gasteiger partial charge on any atom is 0.231 e. The number of anilines is 2. The Kier molecular flexibility index (Phi) is 3.93. The lowest BCUT2D eigenvalue weighted by Gasteiger charge is -2.08. The van der Waals surface area contributed by atoms with Crippen LogP contribution in [0.25, 0.3) is 5.65 Å². The molecule has 0 atom stereocenters. The summed E-state index contributed by atoms with van der Waals surface area (Å²) < 4.78 is 17.8. The molecule has 0 bridgehead atoms. The summed E-state index contributed by atoms with van der Waals surface area (Å²) in [4.78, 5) is 0. The Bertz CT molecular complexity index is 1160. The highest BCUT2D eigenvalue weighted by molar-refractivity contribution is 5.59. The quantitative estimate of drug-likeness (QED) is 0.573. The zero-order chi connectivity index (χ0) is 18.9. The van der Waals surface area contributed by atoms with Crippen LogP contribution in [0, 0.1) is 0 Å². The maximum absolute atomic E-state index is 5.45. The Morgan fingerprint density at radius 1 is 1.04 bits per heavy atom. The van der Waals surface area contributed by atoms with Gasteiger partial charge in [0.15, 0.2) is 28.8 Å². The fourth-order valence-electron chi connectivity index (χ4n) is 3.09. The molecule has 8 heteroatoms. The molecule has 0 fully saturated rings. The molecule has 8 nitrogen and oxygen atoms in total. The van der Waals surface area contributed by atoms with Crippen LogP contribution < -0.4 is 19.5 Å². The number of ether oxygens (including phenoxy) is 3. The Balaban J connectivity index is 1.43. The Hall–Kier alpha value is -3.81. The van der Waals surface area contributed by atoms with Crippen molar-refractivity contribution in [3.05, 3.63) is 66.0 Å². The van der Waals surface area contributed by atoms with Crippen molar-refractivity contribution in [1.82, 2.24) is 19.8 Å². The van der Waals surface area contributed by atoms with Gasteiger partial charge in [-0.05, 0) is 42.0 Å². The third-order valence-electron chi connectivity index (χ3n) is 4.47. The van der Waals surface area contributed by atoms with Crippen LogP contribution in [-0.2, 0) is 6.42 Å². The van der Waals surface area contributed by atoms with Gasteiger partial charge >= 0.3 is 0 Å². The molecule has 3 heterocycles. The van der Waals surface area contributed by atoms with Crippen molar-refractivity contribution in [3.63, 3.8) is 0 Å². The standard InChI is InChI=1S/C20H17N5O3/c1-26-15-4-2-3-14(11-15)21-18-7-8-19-22-23-20(25(19)24-18)10-13-5-6-16-17(9-13)28-12-27-16/h2-9,11H,10,12H2,1H3,(H,21,24). The molecule has 0 saturated heterocycles. The largest absolute Gasteiger partial charge is 0.497 e. The van der Waals surface area contributed by atoms with Crippen LogP contribution in [0.3, 0.4) is 0 Å². The summed E-state index contributed by atoms with van der Waals surface area (Å²) in [6.07, 6.45) is 0.577. The minimum absolute atomic E-state index is 0.257. The fraction of sp³-hybridized carbons (Fsp3) is 0.150. The van der Waals surface area contributed by atoms with E-state index in [2.05, 4.69) is 20.6 Å². The summed E-state index contributed by atoms with van der Waals surface area (Å²) in [5, 5.41) is 16.4. The molecule has 0 aliphatic carbocycles. The predicted octanol–water partition coefficient (Wildman–Crippen LogP) is 3.20. The molecule has 28 heavy (non-hydrogen) atoms. The molecule has 140 valence electrons. The highest BCUT2D eigenvalue weighted by Crippen LogP contribution is 2.33. The van der Waals surface area contributed by atoms with E-state index < -0.39 is 0 Å². The molecular weight excluding hydrogens is 358 g/mol. The van der Waals surface area contributed by atoms with Crippen molar-refractivity contribution in [2.75, 3.05) is 19.2 Å². The third-order valence-corrected chi connectivity index (χ3v) is 4.47. The van der Waals surface area contributed by atoms with E-state index in [1.165, 1.54) is 0 Å². The van der Waals surface area contributed by atoms with Gasteiger partial charge < -0.3 is 19.5 Å². The summed E-state index contributed by atoms with van der Waals surface area (Å²) >= 11 is 0. The van der Waals surface area contributed by atoms with Gasteiger partial charge in [-0.2, -0.15) is 4.52 Å². The number of benzene rings is 2. The molecule has 1 aliphatic heterocycles. The molecule has 0 unspecified atom stereocenters. The average Bonchev–Trinajstić information content (AvgIpc) is 3.35. The van der Waals surface area contributed by atoms with E-state index in [0.29, 0.717) is 17.9 Å². The summed E-state index contributed by atoms with van der Waals surface area (Å²) in [7, 11) is 1.64. The average molecular weight is 375 g/mol. The Morgan fingerprint density at radius 3 is 2.89 bits per heavy atom. The molecule has 0 amide bonds. The summed E-state index contributed by atoms with van der Waals surface area (Å²) in [6.45, 7) is 0.257. The number of hydrogen-bond donors (Lipinski definition) is 1. The molecule has 1 aliphatic rings. The number of fused-ring (bicyclic) bond motifs is 2. The summed E-state index contributed by atoms with van der Waals surface area (Å²) in [6, 6.07) is 17.3. The van der Waals surface area contributed by atoms with E-state index in [-0.39, 0.29) is 6.79 Å². The second-order valence-electron chi connectivity index (χ2n) is 6.33. The third kappa shape index (κ3) is 3.05. The smallest absolute Gasteiger partial charge is 0.231 e. The van der Waals surface area contributed by atoms with Gasteiger partial charge in [-0.15, -0.1) is 15.3 Å². The Labute approximate surface area is 160 Å². The number of hydrogen-bond acceptors (Lipinski definition) is 7. The molecule has 1 N–H and O–H groups in total. The highest BCUT2D eigenvalue weighted by Gasteiger charge is 2.15. The maximum atomic E-state index is 5.45. The molecule has 5 rings (SSSR count). The summed E-state index contributed by atoms with van der Waals surface area (Å²) in [5.41, 5.74) is 2.62. The van der Waals surface area contributed by atoms with Gasteiger partial charge in [-0.3, -0.25) is 0 Å². The van der Waals surface area contributed by atoms with Crippen molar-refractivity contribution in [3.8, 4) is 17.2 Å². The molecule has 0 radical (unpaired) electrons. The molecular formula is C20H17N5O3. The number of nitrogens with zero attached hydrogens (tertiary/aromatic N) is 4. The zero-order valence-electron chi connectivity index (χ0n) is 15.1. The fourth-order valence-corrected chi connectivity index (χ4v) is 3.09. The Morgan fingerprint density at radius 2 is 1.96 bits per heavy atom. The first-order chi connectivity index (χ1) is 13.8. The van der Waals surface area contributed by atoms with Gasteiger partial charge in [0, 0.05) is 18.2 Å². The second kappa shape index (κ2) is 6.73. The van der Waals surface area contributed by atoms with Crippen molar-refractivity contribution in [1.29, 1.82) is 0 Å². The van der Waals surface area contributed by atoms with Crippen molar-refractivity contribution in [2.24, 2.45) is 0 Å². The van der Waals surface area contributed by atoms with E-state index in [0.717, 1.165) is 34.3 Å². The molecule has 4 aromatic rings. The van der Waals surface area contributed by atoms with Crippen molar-refractivity contribution >= 4 is 17.2 Å². The van der Waals surface area contributed by atoms with Crippen LogP contribution in [0.4, 0.5) is 11.5 Å². The summed E-state index contributed by atoms with van der Waals surface area (Å²) in [5.74, 6) is 3.71. The molecule has 2 aromatic carbocycles. The highest BCUT2D eigenvalue weighted by atomic mass is 16.7. The predicted molar refractivity (Wildman–Crippen MR) is 102 cm³/mol. The topological polar surface area (TPSA) is 82.8 Å². The van der Waals surface area contributed by atoms with Gasteiger partial charge in [-0.25, -0.2) is 0 Å². The number of methoxy groups -OCH3 is 1. The van der Waals surface area contributed by atoms with Gasteiger partial charge in [0.1, 0.15) is 5.75 Å². The normalized spacial score (nSPS) is 12.3. The van der Waals surface area contributed by atoms with E-state index in [1.54, 1.807) is 11.6 Å². The van der Waals surface area contributed by atoms with Crippen LogP contribution in [0.15, 0.2) is 54.6 Å². The van der Waals surface area contributed by atoms with Crippen molar-refractivity contribution in [2.45, 2.75) is 6.42 Å². The number of rotatable bonds is 5. The molecule has 2 aromatic heterocycles. The van der Waals surface area contributed by atoms with Crippen LogP contribution in [0.1, 0.15) is 11.4 Å². The molecule has 0 saturated carbocycles. The van der Waals surface area contributed by atoms with Crippen LogP contribution >= 0.6 is 0 Å². The van der Waals surface area contributed by atoms with Gasteiger partial charge in [0.25, 0.3) is 0 Å². The van der Waals surface area contributed by atoms with Crippen LogP contribution in [0.2, 0.25) is 0 Å². The van der Waals surface area contributed by atoms with Crippen LogP contribution in [-0.4, -0.2) is 33.7 Å². The number of aromatic nitrogens is 4. The second-order valence-corrected chi connectivity index (χ2v) is 6.33. The van der Waals surface area contributed by atoms with Gasteiger partial charge in [0.2, 0.25) is 6.79 Å². The van der Waals surface area contributed by atoms with Gasteiger partial charge in [-0.1, -0.05) is 12.1 Å². The van der Waals surface area contributed by atoms with Crippen LogP contribution in [0.5, 0.6) is 17.2 Å². The lowest BCUT2D eigenvalue weighted by atomic mass is 10.1. The SMILES string of the molecule is COc1cccc(Nc2ccc3nnc(Cc4ccc5c(c4)OCO5)n3n2)c1. The minimum Gasteiger partial charge on any atom is -0.497 e. The minimum atomic E-state index is 0.257. The molecule has 0 spiro atoms.